The van der Waals surface area contributed by atoms with Gasteiger partial charge in [0, 0.05) is 21.2 Å². The van der Waals surface area contributed by atoms with E-state index in [4.69, 9.17) is 0 Å². The normalized spacial score (nSPS) is 14.8. The van der Waals surface area contributed by atoms with Crippen LogP contribution in [0, 0.1) is 3.57 Å². The number of esters is 1. The number of methoxy groups -OCH3 is 1. The molecule has 0 saturated heterocycles. The van der Waals surface area contributed by atoms with E-state index >= 15 is 0 Å². The molecule has 0 aromatic heterocycles. The van der Waals surface area contributed by atoms with E-state index in [1.165, 1.54) is 6.07 Å². The number of hydrogen-bond donors (Lipinski definition) is 0. The second-order valence-electron chi connectivity index (χ2n) is 6.07. The van der Waals surface area contributed by atoms with Crippen molar-refractivity contribution >= 4 is 34.2 Å². The van der Waals surface area contributed by atoms with E-state index in [1.807, 2.05) is 27.7 Å². The Balaban J connectivity index is 3.30. The van der Waals surface area contributed by atoms with Crippen molar-refractivity contribution in [3.05, 3.63) is 27.3 Å². The number of carbonyl (C=O) groups is 1. The van der Waals surface area contributed by atoms with Crippen molar-refractivity contribution in [3.8, 4) is 0 Å². The molecule has 0 bridgehead atoms. The number of ether oxygens (including phenoxy) is 1. The second kappa shape index (κ2) is 8.49. The largest absolute Gasteiger partial charge is 0.466 e. The van der Waals surface area contributed by atoms with Crippen LogP contribution in [0.1, 0.15) is 33.3 Å². The molecule has 146 valence electrons. The summed E-state index contributed by atoms with van der Waals surface area (Å²) in [4.78, 5) is 11.5. The minimum absolute atomic E-state index is 0.0683. The van der Waals surface area contributed by atoms with E-state index in [9.17, 15) is 22.4 Å². The smallest absolute Gasteiger partial charge is 0.437 e. The predicted molar refractivity (Wildman–Crippen MR) is 96.6 cm³/mol. The number of halogens is 5. The van der Waals surface area contributed by atoms with Crippen molar-refractivity contribution in [2.24, 2.45) is 10.3 Å². The number of carbonyl (C=O) groups excluding carboxylic acids is 1. The zero-order valence-corrected chi connectivity index (χ0v) is 17.1. The average molecular weight is 489 g/mol. The van der Waals surface area contributed by atoms with Gasteiger partial charge < -0.3 is 4.74 Å². The Labute approximate surface area is 162 Å². The SMILES string of the molecule is COC(=O)C(F)(c1ccc(N=NN(C(C)C)C(C)C)c(I)c1)C(F)(F)F. The van der Waals surface area contributed by atoms with Gasteiger partial charge in [-0.1, -0.05) is 11.3 Å². The molecule has 0 aliphatic carbocycles. The van der Waals surface area contributed by atoms with Crippen LogP contribution < -0.4 is 0 Å². The summed E-state index contributed by atoms with van der Waals surface area (Å²) < 4.78 is 58.3. The van der Waals surface area contributed by atoms with Crippen molar-refractivity contribution in [1.29, 1.82) is 0 Å². The Morgan fingerprint density at radius 3 is 2.08 bits per heavy atom. The van der Waals surface area contributed by atoms with Crippen LogP contribution in [-0.2, 0) is 15.2 Å². The third kappa shape index (κ3) is 4.63. The van der Waals surface area contributed by atoms with Gasteiger partial charge in [0.1, 0.15) is 5.69 Å². The summed E-state index contributed by atoms with van der Waals surface area (Å²) in [7, 11) is 0.697. The van der Waals surface area contributed by atoms with Gasteiger partial charge in [0.25, 0.3) is 0 Å². The third-order valence-electron chi connectivity index (χ3n) is 3.52. The van der Waals surface area contributed by atoms with Gasteiger partial charge in [-0.3, -0.25) is 5.01 Å². The zero-order valence-electron chi connectivity index (χ0n) is 14.9. The molecule has 0 radical (unpaired) electrons. The summed E-state index contributed by atoms with van der Waals surface area (Å²) in [5.74, 6) is -2.03. The molecule has 0 aliphatic rings. The number of benzene rings is 1. The van der Waals surface area contributed by atoms with Crippen molar-refractivity contribution in [2.45, 2.75) is 51.6 Å². The van der Waals surface area contributed by atoms with E-state index in [2.05, 4.69) is 15.1 Å². The topological polar surface area (TPSA) is 54.3 Å². The van der Waals surface area contributed by atoms with E-state index in [0.29, 0.717) is 7.11 Å². The molecular formula is C16H20F4IN3O2. The van der Waals surface area contributed by atoms with Gasteiger partial charge in [-0.15, -0.1) is 5.11 Å². The summed E-state index contributed by atoms with van der Waals surface area (Å²) >= 11 is 1.71. The first-order valence-electron chi connectivity index (χ1n) is 7.70. The highest BCUT2D eigenvalue weighted by molar-refractivity contribution is 14.1. The van der Waals surface area contributed by atoms with Crippen LogP contribution >= 0.6 is 22.6 Å². The van der Waals surface area contributed by atoms with Crippen LogP contribution in [-0.4, -0.2) is 36.3 Å². The van der Waals surface area contributed by atoms with Crippen molar-refractivity contribution in [1.82, 2.24) is 5.01 Å². The second-order valence-corrected chi connectivity index (χ2v) is 7.23. The predicted octanol–water partition coefficient (Wildman–Crippen LogP) is 5.31. The lowest BCUT2D eigenvalue weighted by molar-refractivity contribution is -0.242. The van der Waals surface area contributed by atoms with Crippen LogP contribution in [0.25, 0.3) is 0 Å². The molecule has 0 aliphatic heterocycles. The number of hydrogen-bond acceptors (Lipinski definition) is 4. The van der Waals surface area contributed by atoms with Gasteiger partial charge in [0.2, 0.25) is 0 Å². The summed E-state index contributed by atoms with van der Waals surface area (Å²) in [6, 6.07) is 3.09. The molecule has 1 aromatic rings. The molecular weight excluding hydrogens is 469 g/mol. The molecule has 1 unspecified atom stereocenters. The molecule has 0 N–H and O–H groups in total. The monoisotopic (exact) mass is 489 g/mol. The minimum atomic E-state index is -5.46. The standard InChI is InChI=1S/C16H20F4IN3O2/c1-9(2)24(10(3)4)23-22-13-7-6-11(8-12(13)21)15(17,14(25)26-5)16(18,19)20/h6-10H,1-5H3. The van der Waals surface area contributed by atoms with Crippen LogP contribution in [0.15, 0.2) is 28.5 Å². The van der Waals surface area contributed by atoms with Crippen molar-refractivity contribution in [2.75, 3.05) is 7.11 Å². The summed E-state index contributed by atoms with van der Waals surface area (Å²) in [5, 5.41) is 9.83. The first-order chi connectivity index (χ1) is 11.9. The number of nitrogens with zero attached hydrogens (tertiary/aromatic N) is 3. The highest BCUT2D eigenvalue weighted by Gasteiger charge is 2.64. The lowest BCUT2D eigenvalue weighted by Gasteiger charge is -2.26. The lowest BCUT2D eigenvalue weighted by atomic mass is 9.95. The Morgan fingerprint density at radius 2 is 1.69 bits per heavy atom. The fraction of sp³-hybridized carbons (Fsp3) is 0.562. The number of alkyl halides is 4. The molecule has 26 heavy (non-hydrogen) atoms. The molecule has 10 heteroatoms. The molecule has 0 amide bonds. The Hall–Kier alpha value is -1.46. The fourth-order valence-electron chi connectivity index (χ4n) is 2.24. The third-order valence-corrected chi connectivity index (χ3v) is 4.38. The van der Waals surface area contributed by atoms with Gasteiger partial charge in [-0.25, -0.2) is 9.18 Å². The number of rotatable bonds is 6. The fourth-order valence-corrected chi connectivity index (χ4v) is 2.87. The average Bonchev–Trinajstić information content (AvgIpc) is 2.52. The lowest BCUT2D eigenvalue weighted by Crippen LogP contribution is -2.46. The maximum atomic E-state index is 14.6. The first kappa shape index (κ1) is 22.6. The van der Waals surface area contributed by atoms with Gasteiger partial charge >= 0.3 is 17.8 Å². The molecule has 5 nitrogen and oxygen atoms in total. The van der Waals surface area contributed by atoms with Crippen molar-refractivity contribution < 1.29 is 27.1 Å². The summed E-state index contributed by atoms with van der Waals surface area (Å²) in [6.07, 6.45) is -5.46. The highest BCUT2D eigenvalue weighted by Crippen LogP contribution is 2.44. The van der Waals surface area contributed by atoms with Crippen molar-refractivity contribution in [3.63, 3.8) is 0 Å². The maximum Gasteiger partial charge on any atom is 0.437 e. The van der Waals surface area contributed by atoms with Gasteiger partial charge in [-0.05, 0) is 62.4 Å². The van der Waals surface area contributed by atoms with Crippen LogP contribution in [0.2, 0.25) is 0 Å². The highest BCUT2D eigenvalue weighted by atomic mass is 127. The van der Waals surface area contributed by atoms with E-state index < -0.39 is 23.4 Å². The minimum Gasteiger partial charge on any atom is -0.466 e. The van der Waals surface area contributed by atoms with Crippen LogP contribution in [0.4, 0.5) is 23.2 Å². The molecule has 1 atom stereocenters. The first-order valence-corrected chi connectivity index (χ1v) is 8.78. The quantitative estimate of drug-likeness (QED) is 0.179. The molecule has 0 heterocycles. The molecule has 0 spiro atoms. The molecule has 0 saturated carbocycles. The Morgan fingerprint density at radius 1 is 1.15 bits per heavy atom. The molecule has 1 rings (SSSR count). The van der Waals surface area contributed by atoms with Gasteiger partial charge in [-0.2, -0.15) is 13.2 Å². The molecule has 1 aromatic carbocycles. The zero-order chi connectivity index (χ0) is 20.3. The van der Waals surface area contributed by atoms with E-state index in [-0.39, 0.29) is 21.3 Å². The Kier molecular flexibility index (Phi) is 7.37. The maximum absolute atomic E-state index is 14.6. The van der Waals surface area contributed by atoms with Gasteiger partial charge in [0.15, 0.2) is 0 Å². The van der Waals surface area contributed by atoms with Crippen LogP contribution in [0.5, 0.6) is 0 Å². The van der Waals surface area contributed by atoms with Crippen LogP contribution in [0.3, 0.4) is 0 Å². The summed E-state index contributed by atoms with van der Waals surface area (Å²) in [6.45, 7) is 7.68. The Bertz CT molecular complexity index is 672. The molecule has 0 fully saturated rings. The van der Waals surface area contributed by atoms with E-state index in [1.54, 1.807) is 27.6 Å². The van der Waals surface area contributed by atoms with E-state index in [0.717, 1.165) is 12.1 Å². The summed E-state index contributed by atoms with van der Waals surface area (Å²) in [5.41, 5.74) is -4.86. The van der Waals surface area contributed by atoms with Gasteiger partial charge in [0.05, 0.1) is 7.11 Å².